The Hall–Kier alpha value is -2.89. The Balaban J connectivity index is 1.70. The van der Waals surface area contributed by atoms with Gasteiger partial charge in [-0.3, -0.25) is 14.6 Å². The van der Waals surface area contributed by atoms with Crippen molar-refractivity contribution in [3.8, 4) is 0 Å². The van der Waals surface area contributed by atoms with Crippen LogP contribution in [0.4, 0.5) is 5.69 Å². The van der Waals surface area contributed by atoms with E-state index in [1.807, 2.05) is 48.3 Å². The molecule has 1 amide bonds. The van der Waals surface area contributed by atoms with Crippen LogP contribution in [0.3, 0.4) is 0 Å². The number of likely N-dealkylation sites (N-methyl/N-ethyl adjacent to an activating group) is 1. The Morgan fingerprint density at radius 3 is 2.60 bits per heavy atom. The van der Waals surface area contributed by atoms with Crippen molar-refractivity contribution in [3.63, 3.8) is 0 Å². The Morgan fingerprint density at radius 1 is 1.20 bits per heavy atom. The van der Waals surface area contributed by atoms with E-state index in [1.54, 1.807) is 23.4 Å². The molecule has 1 aromatic carbocycles. The van der Waals surface area contributed by atoms with Gasteiger partial charge in [-0.15, -0.1) is 0 Å². The van der Waals surface area contributed by atoms with E-state index in [0.717, 1.165) is 11.3 Å². The fourth-order valence-corrected chi connectivity index (χ4v) is 3.27. The molecule has 2 heterocycles. The van der Waals surface area contributed by atoms with Crippen molar-refractivity contribution in [1.82, 2.24) is 9.88 Å². The fourth-order valence-electron chi connectivity index (χ4n) is 3.27. The van der Waals surface area contributed by atoms with Crippen LogP contribution in [0.25, 0.3) is 0 Å². The summed E-state index contributed by atoms with van der Waals surface area (Å²) in [5, 5.41) is 9.54. The van der Waals surface area contributed by atoms with Gasteiger partial charge in [-0.2, -0.15) is 0 Å². The zero-order chi connectivity index (χ0) is 17.8. The van der Waals surface area contributed by atoms with Crippen molar-refractivity contribution >= 4 is 17.6 Å². The number of carbonyl (C=O) groups excluding carboxylic acids is 1. The first-order valence-electron chi connectivity index (χ1n) is 8.23. The number of amides is 1. The lowest BCUT2D eigenvalue weighted by atomic mass is 9.90. The molecule has 6 nitrogen and oxygen atoms in total. The molecule has 3 rings (SSSR count). The monoisotopic (exact) mass is 339 g/mol. The Kier molecular flexibility index (Phi) is 4.97. The third-order valence-electron chi connectivity index (χ3n) is 4.67. The number of hydrogen-bond acceptors (Lipinski definition) is 4. The molecular formula is C19H21N3O3. The fraction of sp³-hybridized carbons (Fsp3) is 0.316. The molecule has 2 aromatic rings. The first-order chi connectivity index (χ1) is 12.1. The van der Waals surface area contributed by atoms with Crippen LogP contribution in [-0.4, -0.2) is 53.5 Å². The van der Waals surface area contributed by atoms with E-state index in [-0.39, 0.29) is 24.9 Å². The topological polar surface area (TPSA) is 73.7 Å². The number of aromatic nitrogens is 1. The zero-order valence-electron chi connectivity index (χ0n) is 14.1. The highest BCUT2D eigenvalue weighted by atomic mass is 16.4. The first kappa shape index (κ1) is 17.0. The number of para-hydroxylation sites is 1. The number of carbonyl (C=O) groups is 2. The molecule has 0 saturated carbocycles. The average Bonchev–Trinajstić information content (AvgIpc) is 3.09. The molecule has 1 aliphatic rings. The predicted octanol–water partition coefficient (Wildman–Crippen LogP) is 1.84. The number of hydrogen-bond donors (Lipinski definition) is 1. The number of likely N-dealkylation sites (tertiary alicyclic amines) is 1. The van der Waals surface area contributed by atoms with E-state index in [9.17, 15) is 14.7 Å². The van der Waals surface area contributed by atoms with Crippen LogP contribution in [0.15, 0.2) is 54.9 Å². The van der Waals surface area contributed by atoms with Crippen molar-refractivity contribution in [3.05, 3.63) is 60.4 Å². The maximum Gasteiger partial charge on any atom is 0.308 e. The second-order valence-electron chi connectivity index (χ2n) is 6.33. The smallest absolute Gasteiger partial charge is 0.308 e. The molecule has 2 atom stereocenters. The van der Waals surface area contributed by atoms with Crippen LogP contribution in [0, 0.1) is 5.92 Å². The van der Waals surface area contributed by atoms with Crippen LogP contribution in [0.2, 0.25) is 0 Å². The molecule has 25 heavy (non-hydrogen) atoms. The van der Waals surface area contributed by atoms with Crippen LogP contribution >= 0.6 is 0 Å². The molecule has 0 aliphatic carbocycles. The van der Waals surface area contributed by atoms with Crippen LogP contribution < -0.4 is 4.90 Å². The Bertz CT molecular complexity index is 736. The minimum Gasteiger partial charge on any atom is -0.481 e. The van der Waals surface area contributed by atoms with Gasteiger partial charge >= 0.3 is 5.97 Å². The number of benzene rings is 1. The number of pyridine rings is 1. The lowest BCUT2D eigenvalue weighted by Crippen LogP contribution is -2.38. The van der Waals surface area contributed by atoms with Gasteiger partial charge in [0.05, 0.1) is 12.5 Å². The molecule has 1 N–H and O–H groups in total. The highest BCUT2D eigenvalue weighted by Crippen LogP contribution is 2.32. The minimum atomic E-state index is -0.874. The molecule has 1 saturated heterocycles. The van der Waals surface area contributed by atoms with Gasteiger partial charge in [-0.25, -0.2) is 0 Å². The number of anilines is 1. The standard InChI is InChI=1S/C19H21N3O3/c1-21(15-7-3-2-4-8-15)13-18(23)22-11-16(17(12-22)19(24)25)14-6-5-9-20-10-14/h2-10,16-17H,11-13H2,1H3,(H,24,25)/t16-,17+/m0/s1. The SMILES string of the molecule is CN(CC(=O)N1C[C@@H](C(=O)O)[C@H](c2cccnc2)C1)c1ccccc1. The summed E-state index contributed by atoms with van der Waals surface area (Å²) in [5.41, 5.74) is 1.82. The largest absolute Gasteiger partial charge is 0.481 e. The minimum absolute atomic E-state index is 0.0657. The van der Waals surface area contributed by atoms with E-state index >= 15 is 0 Å². The van der Waals surface area contributed by atoms with E-state index in [4.69, 9.17) is 0 Å². The number of rotatable bonds is 5. The van der Waals surface area contributed by atoms with Gasteiger partial charge in [0.2, 0.25) is 5.91 Å². The quantitative estimate of drug-likeness (QED) is 0.900. The van der Waals surface area contributed by atoms with Crippen molar-refractivity contribution in [2.45, 2.75) is 5.92 Å². The molecule has 1 fully saturated rings. The van der Waals surface area contributed by atoms with Gasteiger partial charge in [-0.05, 0) is 23.8 Å². The summed E-state index contributed by atoms with van der Waals surface area (Å²) in [6.07, 6.45) is 3.34. The maximum absolute atomic E-state index is 12.6. The van der Waals surface area contributed by atoms with Crippen LogP contribution in [0.1, 0.15) is 11.5 Å². The van der Waals surface area contributed by atoms with Gasteiger partial charge in [0.1, 0.15) is 0 Å². The highest BCUT2D eigenvalue weighted by Gasteiger charge is 2.40. The summed E-state index contributed by atoms with van der Waals surface area (Å²) < 4.78 is 0. The van der Waals surface area contributed by atoms with Gasteiger partial charge in [0.25, 0.3) is 0 Å². The second-order valence-corrected chi connectivity index (χ2v) is 6.33. The lowest BCUT2D eigenvalue weighted by Gasteiger charge is -2.23. The molecule has 6 heteroatoms. The van der Waals surface area contributed by atoms with E-state index < -0.39 is 11.9 Å². The van der Waals surface area contributed by atoms with Crippen LogP contribution in [-0.2, 0) is 9.59 Å². The average molecular weight is 339 g/mol. The van der Waals surface area contributed by atoms with Gasteiger partial charge < -0.3 is 14.9 Å². The summed E-state index contributed by atoms with van der Waals surface area (Å²) in [6, 6.07) is 13.3. The summed E-state index contributed by atoms with van der Waals surface area (Å²) in [5.74, 6) is -1.77. The van der Waals surface area contributed by atoms with Crippen molar-refractivity contribution in [2.75, 3.05) is 31.6 Å². The van der Waals surface area contributed by atoms with Gasteiger partial charge in [-0.1, -0.05) is 24.3 Å². The third kappa shape index (κ3) is 3.79. The normalized spacial score (nSPS) is 19.6. The lowest BCUT2D eigenvalue weighted by molar-refractivity contribution is -0.141. The third-order valence-corrected chi connectivity index (χ3v) is 4.67. The molecule has 0 spiro atoms. The zero-order valence-corrected chi connectivity index (χ0v) is 14.1. The van der Waals surface area contributed by atoms with E-state index in [0.29, 0.717) is 6.54 Å². The Morgan fingerprint density at radius 2 is 1.96 bits per heavy atom. The number of nitrogens with zero attached hydrogens (tertiary/aromatic N) is 3. The van der Waals surface area contributed by atoms with Crippen molar-refractivity contribution in [2.24, 2.45) is 5.92 Å². The van der Waals surface area contributed by atoms with Crippen molar-refractivity contribution < 1.29 is 14.7 Å². The summed E-state index contributed by atoms with van der Waals surface area (Å²) in [6.45, 7) is 0.858. The summed E-state index contributed by atoms with van der Waals surface area (Å²) in [7, 11) is 1.86. The first-order valence-corrected chi connectivity index (χ1v) is 8.23. The molecule has 1 aromatic heterocycles. The molecule has 130 valence electrons. The highest BCUT2D eigenvalue weighted by molar-refractivity contribution is 5.83. The Labute approximate surface area is 146 Å². The van der Waals surface area contributed by atoms with Crippen LogP contribution in [0.5, 0.6) is 0 Å². The van der Waals surface area contributed by atoms with Gasteiger partial charge in [0, 0.05) is 44.1 Å². The second kappa shape index (κ2) is 7.34. The number of carboxylic acids is 1. The molecule has 1 aliphatic heterocycles. The predicted molar refractivity (Wildman–Crippen MR) is 94.4 cm³/mol. The van der Waals surface area contributed by atoms with Gasteiger partial charge in [0.15, 0.2) is 0 Å². The maximum atomic E-state index is 12.6. The molecule has 0 bridgehead atoms. The number of carboxylic acid groups (broad SMARTS) is 1. The molecule has 0 unspecified atom stereocenters. The summed E-state index contributed by atoms with van der Waals surface area (Å²) >= 11 is 0. The summed E-state index contributed by atoms with van der Waals surface area (Å²) in [4.78, 5) is 31.9. The van der Waals surface area contributed by atoms with E-state index in [1.165, 1.54) is 0 Å². The molecule has 0 radical (unpaired) electrons. The molecular weight excluding hydrogens is 318 g/mol. The number of aliphatic carboxylic acids is 1. The van der Waals surface area contributed by atoms with E-state index in [2.05, 4.69) is 4.98 Å². The van der Waals surface area contributed by atoms with Crippen molar-refractivity contribution in [1.29, 1.82) is 0 Å².